The maximum absolute atomic E-state index is 5.64. The summed E-state index contributed by atoms with van der Waals surface area (Å²) in [5, 5.41) is 2.35. The predicted molar refractivity (Wildman–Crippen MR) is 295 cm³/mol. The highest BCUT2D eigenvalue weighted by Gasteiger charge is 2.52. The third kappa shape index (κ3) is 6.60. The van der Waals surface area contributed by atoms with Crippen LogP contribution in [0.3, 0.4) is 0 Å². The lowest BCUT2D eigenvalue weighted by Gasteiger charge is -2.40. The first kappa shape index (κ1) is 44.3. The number of benzene rings is 7. The molecule has 2 aliphatic heterocycles. The van der Waals surface area contributed by atoms with Gasteiger partial charge < -0.3 is 9.80 Å². The highest BCUT2D eigenvalue weighted by Crippen LogP contribution is 2.60. The molecule has 0 bridgehead atoms. The third-order valence-electron chi connectivity index (χ3n) is 16.4. The summed E-state index contributed by atoms with van der Waals surface area (Å²) in [5.74, 6) is 3.60. The zero-order valence-corrected chi connectivity index (χ0v) is 41.8. The van der Waals surface area contributed by atoms with E-state index in [1.54, 1.807) is 0 Å². The van der Waals surface area contributed by atoms with Gasteiger partial charge in [0.25, 0.3) is 0 Å². The van der Waals surface area contributed by atoms with Crippen molar-refractivity contribution in [2.24, 2.45) is 9.98 Å². The number of aromatic nitrogens is 2. The average Bonchev–Trinajstić information content (AvgIpc) is 3.88. The van der Waals surface area contributed by atoms with Gasteiger partial charge in [-0.1, -0.05) is 170 Å². The first-order valence-corrected chi connectivity index (χ1v) is 24.9. The second-order valence-corrected chi connectivity index (χ2v) is 21.4. The van der Waals surface area contributed by atoms with Crippen molar-refractivity contribution in [2.75, 3.05) is 9.80 Å². The molecule has 12 rings (SSSR count). The Hall–Kier alpha value is -7.96. The lowest BCUT2D eigenvalue weighted by Crippen LogP contribution is -2.53. The molecule has 348 valence electrons. The fraction of sp³-hybridized carbons (Fsp3) is 0.200. The summed E-state index contributed by atoms with van der Waals surface area (Å²) in [7, 11) is 0. The second kappa shape index (κ2) is 16.0. The molecule has 2 aromatic heterocycles. The van der Waals surface area contributed by atoms with Gasteiger partial charge in [0, 0.05) is 22.3 Å². The van der Waals surface area contributed by atoms with Crippen LogP contribution in [0.15, 0.2) is 216 Å². The minimum Gasteiger partial charge on any atom is -0.303 e. The Morgan fingerprint density at radius 1 is 0.352 bits per heavy atom. The van der Waals surface area contributed by atoms with Crippen LogP contribution in [0.2, 0.25) is 0 Å². The molecule has 6 nitrogen and oxygen atoms in total. The van der Waals surface area contributed by atoms with Gasteiger partial charge in [-0.15, -0.1) is 0 Å². The molecule has 7 aromatic carbocycles. The molecule has 0 saturated heterocycles. The molecule has 0 fully saturated rings. The lowest BCUT2D eigenvalue weighted by atomic mass is 9.67. The van der Waals surface area contributed by atoms with E-state index in [2.05, 4.69) is 271 Å². The molecule has 0 amide bonds. The number of hydrogen-bond acceptors (Lipinski definition) is 6. The summed E-state index contributed by atoms with van der Waals surface area (Å²) in [6.45, 7) is 18.0. The Labute approximate surface area is 418 Å². The van der Waals surface area contributed by atoms with Crippen molar-refractivity contribution < 1.29 is 0 Å². The van der Waals surface area contributed by atoms with Crippen LogP contribution in [0.1, 0.15) is 88.8 Å². The summed E-state index contributed by atoms with van der Waals surface area (Å²) in [5.41, 5.74) is 11.2. The first-order valence-electron chi connectivity index (χ1n) is 24.9. The Balaban J connectivity index is 1.07. The standard InChI is InChI=1S/C65H58N6/c1-61(2)63(5,6)70(59(68-61)43-25-13-9-14-26-43)56-37-23-35-54(66-56)45-39-40-50-52(41-45)65(46-29-17-11-18-30-46,47-31-19-12-20-32-47)53-42-51(48-33-21-22-34-49(48)58(50)53)55-36-24-38-57(67-55)71-60(44-27-15-10-16-28-44)69-62(3,4)64(71,7)8/h9-42H,1-8H3. The van der Waals surface area contributed by atoms with E-state index in [9.17, 15) is 0 Å². The minimum atomic E-state index is -0.695. The number of aliphatic imine (C=N–C) groups is 2. The van der Waals surface area contributed by atoms with E-state index >= 15 is 0 Å². The normalized spacial score (nSPS) is 17.7. The van der Waals surface area contributed by atoms with Crippen molar-refractivity contribution in [2.45, 2.75) is 83.0 Å². The van der Waals surface area contributed by atoms with Crippen molar-refractivity contribution in [3.8, 4) is 33.6 Å². The first-order chi connectivity index (χ1) is 34.2. The van der Waals surface area contributed by atoms with E-state index in [-0.39, 0.29) is 22.2 Å². The van der Waals surface area contributed by atoms with Gasteiger partial charge in [0.15, 0.2) is 0 Å². The molecule has 0 N–H and O–H groups in total. The van der Waals surface area contributed by atoms with E-state index in [1.807, 2.05) is 0 Å². The molecule has 71 heavy (non-hydrogen) atoms. The van der Waals surface area contributed by atoms with Crippen LogP contribution in [-0.4, -0.2) is 43.8 Å². The summed E-state index contributed by atoms with van der Waals surface area (Å²) in [6.07, 6.45) is 0. The van der Waals surface area contributed by atoms with Gasteiger partial charge in [-0.3, -0.25) is 9.98 Å². The van der Waals surface area contributed by atoms with Crippen LogP contribution in [0.4, 0.5) is 11.6 Å². The van der Waals surface area contributed by atoms with Crippen LogP contribution >= 0.6 is 0 Å². The molecule has 9 aromatic rings. The lowest BCUT2D eigenvalue weighted by molar-refractivity contribution is 0.337. The fourth-order valence-corrected chi connectivity index (χ4v) is 11.5. The summed E-state index contributed by atoms with van der Waals surface area (Å²) < 4.78 is 0. The number of fused-ring (bicyclic) bond motifs is 5. The zero-order valence-electron chi connectivity index (χ0n) is 41.8. The number of hydrogen-bond donors (Lipinski definition) is 0. The van der Waals surface area contributed by atoms with E-state index in [0.717, 1.165) is 62.3 Å². The highest BCUT2D eigenvalue weighted by atomic mass is 15.4. The van der Waals surface area contributed by atoms with Crippen LogP contribution in [0.25, 0.3) is 44.4 Å². The molecule has 0 saturated carbocycles. The molecule has 1 aliphatic carbocycles. The van der Waals surface area contributed by atoms with Gasteiger partial charge in [-0.05, 0) is 136 Å². The van der Waals surface area contributed by atoms with Crippen molar-refractivity contribution >= 4 is 34.1 Å². The van der Waals surface area contributed by atoms with Crippen molar-refractivity contribution in [3.05, 3.63) is 240 Å². The topological polar surface area (TPSA) is 57.0 Å². The number of amidine groups is 2. The summed E-state index contributed by atoms with van der Waals surface area (Å²) in [4.78, 5) is 26.6. The zero-order chi connectivity index (χ0) is 48.9. The Bertz CT molecular complexity index is 3550. The molecule has 0 radical (unpaired) electrons. The molecular weight excluding hydrogens is 865 g/mol. The number of pyridine rings is 2. The van der Waals surface area contributed by atoms with Crippen molar-refractivity contribution in [3.63, 3.8) is 0 Å². The van der Waals surface area contributed by atoms with Gasteiger partial charge in [-0.2, -0.15) is 0 Å². The molecule has 4 heterocycles. The van der Waals surface area contributed by atoms with E-state index < -0.39 is 5.41 Å². The van der Waals surface area contributed by atoms with Crippen LogP contribution < -0.4 is 9.80 Å². The summed E-state index contributed by atoms with van der Waals surface area (Å²) in [6, 6.07) is 74.5. The molecule has 0 atom stereocenters. The average molecular weight is 923 g/mol. The maximum atomic E-state index is 5.64. The highest BCUT2D eigenvalue weighted by molar-refractivity contribution is 6.14. The van der Waals surface area contributed by atoms with E-state index in [4.69, 9.17) is 20.0 Å². The van der Waals surface area contributed by atoms with Crippen molar-refractivity contribution in [1.82, 2.24) is 9.97 Å². The Morgan fingerprint density at radius 3 is 1.32 bits per heavy atom. The number of nitrogens with zero attached hydrogens (tertiary/aromatic N) is 6. The molecular formula is C65H58N6. The van der Waals surface area contributed by atoms with Crippen LogP contribution in [0, 0.1) is 0 Å². The Kier molecular flexibility index (Phi) is 10.0. The molecule has 6 heteroatoms. The predicted octanol–water partition coefficient (Wildman–Crippen LogP) is 15.0. The van der Waals surface area contributed by atoms with Gasteiger partial charge in [0.2, 0.25) is 0 Å². The van der Waals surface area contributed by atoms with E-state index in [0.29, 0.717) is 0 Å². The quantitative estimate of drug-likeness (QED) is 0.152. The van der Waals surface area contributed by atoms with Gasteiger partial charge in [0.1, 0.15) is 23.3 Å². The molecule has 0 unspecified atom stereocenters. The molecule has 3 aliphatic rings. The van der Waals surface area contributed by atoms with Gasteiger partial charge in [0.05, 0.1) is 39.0 Å². The number of rotatable bonds is 8. The maximum Gasteiger partial charge on any atom is 0.137 e. The minimum absolute atomic E-state index is 0.356. The van der Waals surface area contributed by atoms with E-state index in [1.165, 1.54) is 38.8 Å². The monoisotopic (exact) mass is 922 g/mol. The smallest absolute Gasteiger partial charge is 0.137 e. The third-order valence-corrected chi connectivity index (χ3v) is 16.4. The summed E-state index contributed by atoms with van der Waals surface area (Å²) >= 11 is 0. The Morgan fingerprint density at radius 2 is 0.803 bits per heavy atom. The van der Waals surface area contributed by atoms with Gasteiger partial charge in [-0.25, -0.2) is 9.97 Å². The van der Waals surface area contributed by atoms with Crippen LogP contribution in [-0.2, 0) is 5.41 Å². The van der Waals surface area contributed by atoms with Crippen LogP contribution in [0.5, 0.6) is 0 Å². The second-order valence-electron chi connectivity index (χ2n) is 21.4. The van der Waals surface area contributed by atoms with Gasteiger partial charge >= 0.3 is 0 Å². The number of anilines is 2. The largest absolute Gasteiger partial charge is 0.303 e. The fourth-order valence-electron chi connectivity index (χ4n) is 11.5. The van der Waals surface area contributed by atoms with Crippen molar-refractivity contribution in [1.29, 1.82) is 0 Å². The molecule has 0 spiro atoms. The SMILES string of the molecule is CC1(C)N=C(c2ccccc2)N(c2cccc(-c3ccc4c(c3)C(c3ccccc3)(c3ccccc3)c3cc(-c5cccc(N6C(c7ccccc7)=NC(C)(C)C6(C)C)n5)c5ccccc5c3-4)n2)C1(C)C.